The van der Waals surface area contributed by atoms with Gasteiger partial charge in [0.2, 0.25) is 7.38 Å². The van der Waals surface area contributed by atoms with Gasteiger partial charge in [-0.3, -0.25) is 0 Å². The fourth-order valence-electron chi connectivity index (χ4n) is 2.07. The molecule has 80 valence electrons. The Kier molecular flexibility index (Phi) is 3.58. The lowest BCUT2D eigenvalue weighted by Gasteiger charge is -2.21. The molecule has 0 saturated heterocycles. The highest BCUT2D eigenvalue weighted by Crippen LogP contribution is 2.18. The molecule has 0 aromatic heterocycles. The van der Waals surface area contributed by atoms with E-state index in [1.807, 2.05) is 11.4 Å². The predicted octanol–water partition coefficient (Wildman–Crippen LogP) is 3.45. The second-order valence-corrected chi connectivity index (χ2v) is 8.68. The summed E-state index contributed by atoms with van der Waals surface area (Å²) in [7, 11) is -2.19. The van der Waals surface area contributed by atoms with Crippen LogP contribution in [0.2, 0.25) is 0 Å². The first-order valence-corrected chi connectivity index (χ1v) is 8.15. The Morgan fingerprint density at radius 2 is 1.47 bits per heavy atom. The first-order valence-electron chi connectivity index (χ1n) is 4.99. The van der Waals surface area contributed by atoms with Crippen molar-refractivity contribution in [2.45, 2.75) is 20.8 Å². The average Bonchev–Trinajstić information content (AvgIpc) is 2.15. The van der Waals surface area contributed by atoms with Crippen LogP contribution in [0, 0.1) is 20.8 Å². The average molecular weight is 237 g/mol. The van der Waals surface area contributed by atoms with Crippen molar-refractivity contribution < 1.29 is 0 Å². The minimum absolute atomic E-state index is 1.24. The lowest BCUT2D eigenvalue weighted by molar-refractivity contribution is 1.35. The zero-order valence-corrected chi connectivity index (χ0v) is 11.4. The maximum absolute atomic E-state index is 6.60. The molecule has 0 fully saturated rings. The van der Waals surface area contributed by atoms with E-state index >= 15 is 0 Å². The van der Waals surface area contributed by atoms with Crippen molar-refractivity contribution in [2.24, 2.45) is 0 Å². The van der Waals surface area contributed by atoms with Gasteiger partial charge in [0, 0.05) is 0 Å². The summed E-state index contributed by atoms with van der Waals surface area (Å²) >= 11 is 6.60. The molecule has 0 radical (unpaired) electrons. The standard InChI is InChI=1S/C13H17ClSi/c1-6-15(14,7-2)13-11(4)8-10(3)9-12(13)5/h6-9H,1-2H2,3-5H3. The first kappa shape index (κ1) is 12.3. The topological polar surface area (TPSA) is 0 Å². The van der Waals surface area contributed by atoms with E-state index in [0.717, 1.165) is 0 Å². The van der Waals surface area contributed by atoms with Crippen molar-refractivity contribution in [3.05, 3.63) is 53.4 Å². The highest BCUT2D eigenvalue weighted by molar-refractivity contribution is 7.33. The van der Waals surface area contributed by atoms with Crippen LogP contribution in [0.3, 0.4) is 0 Å². The van der Waals surface area contributed by atoms with Crippen LogP contribution in [-0.4, -0.2) is 7.38 Å². The largest absolute Gasteiger partial charge is 0.233 e. The molecule has 2 heteroatoms. The number of rotatable bonds is 3. The van der Waals surface area contributed by atoms with Crippen molar-refractivity contribution in [3.63, 3.8) is 0 Å². The summed E-state index contributed by atoms with van der Waals surface area (Å²) in [5.41, 5.74) is 7.50. The van der Waals surface area contributed by atoms with E-state index in [9.17, 15) is 0 Å². The van der Waals surface area contributed by atoms with E-state index in [1.165, 1.54) is 21.9 Å². The van der Waals surface area contributed by atoms with E-state index in [-0.39, 0.29) is 0 Å². The third-order valence-electron chi connectivity index (χ3n) is 2.65. The smallest absolute Gasteiger partial charge is 0.150 e. The summed E-state index contributed by atoms with van der Waals surface area (Å²) in [5.74, 6) is 0. The molecule has 0 bridgehead atoms. The van der Waals surface area contributed by atoms with Crippen LogP contribution in [0.1, 0.15) is 16.7 Å². The third-order valence-corrected chi connectivity index (χ3v) is 6.89. The van der Waals surface area contributed by atoms with Gasteiger partial charge in [0.15, 0.2) is 0 Å². The second kappa shape index (κ2) is 4.38. The quantitative estimate of drug-likeness (QED) is 0.557. The molecule has 0 aliphatic rings. The van der Waals surface area contributed by atoms with Crippen LogP contribution in [0.25, 0.3) is 0 Å². The number of aryl methyl sites for hydroxylation is 3. The van der Waals surface area contributed by atoms with Gasteiger partial charge < -0.3 is 0 Å². The highest BCUT2D eigenvalue weighted by atomic mass is 35.6. The summed E-state index contributed by atoms with van der Waals surface area (Å²) in [6.07, 6.45) is 0. The third kappa shape index (κ3) is 2.24. The molecular weight excluding hydrogens is 220 g/mol. The summed E-state index contributed by atoms with van der Waals surface area (Å²) in [6, 6.07) is 4.33. The maximum atomic E-state index is 6.60. The van der Waals surface area contributed by atoms with Gasteiger partial charge in [-0.25, -0.2) is 0 Å². The van der Waals surface area contributed by atoms with Gasteiger partial charge >= 0.3 is 0 Å². The molecular formula is C13H17ClSi. The maximum Gasteiger partial charge on any atom is 0.233 e. The molecule has 0 spiro atoms. The molecule has 15 heavy (non-hydrogen) atoms. The van der Waals surface area contributed by atoms with E-state index in [1.54, 1.807) is 0 Å². The van der Waals surface area contributed by atoms with Crippen molar-refractivity contribution in [2.75, 3.05) is 0 Å². The van der Waals surface area contributed by atoms with Gasteiger partial charge in [0.25, 0.3) is 0 Å². The van der Waals surface area contributed by atoms with Crippen molar-refractivity contribution in [3.8, 4) is 0 Å². The Labute approximate surface area is 98.0 Å². The van der Waals surface area contributed by atoms with Crippen LogP contribution in [0.5, 0.6) is 0 Å². The Bertz CT molecular complexity index is 376. The predicted molar refractivity (Wildman–Crippen MR) is 72.3 cm³/mol. The molecule has 0 unspecified atom stereocenters. The van der Waals surface area contributed by atoms with Crippen molar-refractivity contribution >= 4 is 23.6 Å². The monoisotopic (exact) mass is 236 g/mol. The molecule has 0 saturated carbocycles. The number of halogens is 1. The lowest BCUT2D eigenvalue weighted by atomic mass is 10.1. The van der Waals surface area contributed by atoms with Gasteiger partial charge in [0.05, 0.1) is 0 Å². The molecule has 1 rings (SSSR count). The van der Waals surface area contributed by atoms with E-state index in [4.69, 9.17) is 11.1 Å². The van der Waals surface area contributed by atoms with Gasteiger partial charge in [-0.2, -0.15) is 0 Å². The second-order valence-electron chi connectivity index (χ2n) is 3.95. The Morgan fingerprint density at radius 3 is 1.80 bits per heavy atom. The summed E-state index contributed by atoms with van der Waals surface area (Å²) in [6.45, 7) is 14.0. The molecule has 0 nitrogen and oxygen atoms in total. The van der Waals surface area contributed by atoms with Crippen molar-refractivity contribution in [1.29, 1.82) is 0 Å². The fraction of sp³-hybridized carbons (Fsp3) is 0.231. The minimum atomic E-state index is -2.19. The van der Waals surface area contributed by atoms with Crippen LogP contribution >= 0.6 is 11.1 Å². The summed E-state index contributed by atoms with van der Waals surface area (Å²) < 4.78 is 0. The highest BCUT2D eigenvalue weighted by Gasteiger charge is 2.29. The molecule has 0 atom stereocenters. The van der Waals surface area contributed by atoms with E-state index < -0.39 is 7.38 Å². The molecule has 0 aliphatic heterocycles. The zero-order chi connectivity index (χ0) is 11.6. The minimum Gasteiger partial charge on any atom is -0.150 e. The van der Waals surface area contributed by atoms with Crippen LogP contribution in [0.15, 0.2) is 36.7 Å². The van der Waals surface area contributed by atoms with Crippen molar-refractivity contribution in [1.82, 2.24) is 0 Å². The number of hydrogen-bond acceptors (Lipinski definition) is 0. The molecule has 0 amide bonds. The van der Waals surface area contributed by atoms with E-state index in [2.05, 4.69) is 46.1 Å². The number of benzene rings is 1. The first-order chi connectivity index (χ1) is 6.94. The Morgan fingerprint density at radius 1 is 1.07 bits per heavy atom. The summed E-state index contributed by atoms with van der Waals surface area (Å²) in [5, 5.41) is 1.24. The molecule has 1 aromatic rings. The summed E-state index contributed by atoms with van der Waals surface area (Å²) in [4.78, 5) is 0. The van der Waals surface area contributed by atoms with E-state index in [0.29, 0.717) is 0 Å². The molecule has 1 aromatic carbocycles. The zero-order valence-electron chi connectivity index (χ0n) is 9.60. The lowest BCUT2D eigenvalue weighted by Crippen LogP contribution is -2.42. The molecule has 0 aliphatic carbocycles. The fourth-order valence-corrected chi connectivity index (χ4v) is 4.89. The Hall–Kier alpha value is -0.793. The van der Waals surface area contributed by atoms with Gasteiger partial charge in [-0.05, 0) is 37.1 Å². The normalized spacial score (nSPS) is 11.2. The van der Waals surface area contributed by atoms with Crippen LogP contribution < -0.4 is 5.19 Å². The SMILES string of the molecule is C=C[Si](Cl)(C=C)c1c(C)cc(C)cc1C. The van der Waals surface area contributed by atoms with Gasteiger partial charge in [-0.15, -0.1) is 24.2 Å². The number of hydrogen-bond donors (Lipinski definition) is 0. The van der Waals surface area contributed by atoms with Gasteiger partial charge in [-0.1, -0.05) is 29.1 Å². The Balaban J connectivity index is 3.49. The molecule has 0 heterocycles. The van der Waals surface area contributed by atoms with Crippen LogP contribution in [0.4, 0.5) is 0 Å². The van der Waals surface area contributed by atoms with Crippen LogP contribution in [-0.2, 0) is 0 Å². The van der Waals surface area contributed by atoms with Gasteiger partial charge in [0.1, 0.15) is 0 Å². The molecule has 0 N–H and O–H groups in total.